The van der Waals surface area contributed by atoms with E-state index in [9.17, 15) is 4.79 Å². The molecule has 0 aliphatic heterocycles. The van der Waals surface area contributed by atoms with Crippen LogP contribution in [0.5, 0.6) is 0 Å². The van der Waals surface area contributed by atoms with Crippen molar-refractivity contribution in [1.29, 1.82) is 0 Å². The lowest BCUT2D eigenvalue weighted by Crippen LogP contribution is -2.31. The van der Waals surface area contributed by atoms with Crippen LogP contribution in [0.4, 0.5) is 0 Å². The first-order valence-corrected chi connectivity index (χ1v) is 7.38. The van der Waals surface area contributed by atoms with Crippen molar-refractivity contribution >= 4 is 29.0 Å². The van der Waals surface area contributed by atoms with Crippen molar-refractivity contribution < 1.29 is 4.79 Å². The molecule has 0 aliphatic carbocycles. The van der Waals surface area contributed by atoms with Crippen LogP contribution in [0.25, 0.3) is 0 Å². The first kappa shape index (κ1) is 13.1. The third-order valence-electron chi connectivity index (χ3n) is 2.50. The number of amides is 1. The molecule has 0 aliphatic rings. The molecule has 0 radical (unpaired) electrons. The van der Waals surface area contributed by atoms with Gasteiger partial charge in [0.15, 0.2) is 0 Å². The van der Waals surface area contributed by atoms with E-state index >= 15 is 0 Å². The number of hydrogen-bond donors (Lipinski definition) is 2. The molecule has 0 saturated carbocycles. The normalized spacial score (nSPS) is 10.3. The lowest BCUT2D eigenvalue weighted by Gasteiger charge is -2.07. The van der Waals surface area contributed by atoms with Crippen molar-refractivity contribution in [3.05, 3.63) is 52.9 Å². The highest BCUT2D eigenvalue weighted by Crippen LogP contribution is 2.28. The summed E-state index contributed by atoms with van der Waals surface area (Å²) < 4.78 is 1.29. The lowest BCUT2D eigenvalue weighted by atomic mass is 10.1. The van der Waals surface area contributed by atoms with Crippen LogP contribution in [0.15, 0.2) is 46.0 Å². The zero-order valence-corrected chi connectivity index (χ0v) is 11.4. The smallest absolute Gasteiger partial charge is 0.238 e. The van der Waals surface area contributed by atoms with Crippen molar-refractivity contribution in [2.45, 2.75) is 16.4 Å². The van der Waals surface area contributed by atoms with Gasteiger partial charge in [-0.2, -0.15) is 0 Å². The molecule has 18 heavy (non-hydrogen) atoms. The van der Waals surface area contributed by atoms with E-state index in [0.29, 0.717) is 6.42 Å². The van der Waals surface area contributed by atoms with Crippen LogP contribution in [-0.4, -0.2) is 5.91 Å². The van der Waals surface area contributed by atoms with Gasteiger partial charge >= 0.3 is 0 Å². The Balaban J connectivity index is 2.05. The van der Waals surface area contributed by atoms with Gasteiger partial charge < -0.3 is 0 Å². The number of hydrogen-bond acceptors (Lipinski definition) is 4. The molecule has 2 aromatic rings. The minimum Gasteiger partial charge on any atom is -0.294 e. The van der Waals surface area contributed by atoms with Crippen molar-refractivity contribution in [2.24, 2.45) is 5.84 Å². The fourth-order valence-electron chi connectivity index (χ4n) is 1.59. The Hall–Kier alpha value is -1.30. The summed E-state index contributed by atoms with van der Waals surface area (Å²) in [5.74, 6) is 5.82. The van der Waals surface area contributed by atoms with Crippen LogP contribution < -0.4 is 11.3 Å². The second-order valence-electron chi connectivity index (χ2n) is 3.73. The maximum atomic E-state index is 11.3. The fraction of sp³-hybridized carbons (Fsp3) is 0.154. The van der Waals surface area contributed by atoms with Crippen LogP contribution in [0.1, 0.15) is 11.1 Å². The van der Waals surface area contributed by atoms with E-state index in [0.717, 1.165) is 11.3 Å². The third-order valence-corrected chi connectivity index (χ3v) is 4.68. The molecular formula is C13H14N2OS2. The van der Waals surface area contributed by atoms with Gasteiger partial charge in [0, 0.05) is 5.75 Å². The van der Waals surface area contributed by atoms with Crippen LogP contribution in [0, 0.1) is 0 Å². The van der Waals surface area contributed by atoms with Crippen molar-refractivity contribution in [3.63, 3.8) is 0 Å². The topological polar surface area (TPSA) is 55.1 Å². The standard InChI is InChI=1S/C13H14N2OS2/c14-15-12(16)8-10-4-1-2-5-11(10)9-18-13-6-3-7-17-13/h1-7H,8-9,14H2,(H,15,16). The van der Waals surface area contributed by atoms with Gasteiger partial charge in [-0.15, -0.1) is 23.1 Å². The number of nitrogens with one attached hydrogen (secondary N) is 1. The number of nitrogens with two attached hydrogens (primary N) is 1. The molecular weight excluding hydrogens is 264 g/mol. The van der Waals surface area contributed by atoms with Crippen LogP contribution in [0.3, 0.4) is 0 Å². The van der Waals surface area contributed by atoms with E-state index in [1.807, 2.05) is 24.3 Å². The first-order chi connectivity index (χ1) is 8.79. The average molecular weight is 278 g/mol. The Morgan fingerprint density at radius 1 is 1.22 bits per heavy atom. The van der Waals surface area contributed by atoms with Crippen LogP contribution >= 0.6 is 23.1 Å². The minimum atomic E-state index is -0.163. The van der Waals surface area contributed by atoms with E-state index < -0.39 is 0 Å². The number of thioether (sulfide) groups is 1. The number of thiophene rings is 1. The molecule has 1 aromatic heterocycles. The number of benzene rings is 1. The molecule has 94 valence electrons. The van der Waals surface area contributed by atoms with E-state index in [1.165, 1.54) is 9.77 Å². The van der Waals surface area contributed by atoms with Gasteiger partial charge in [-0.3, -0.25) is 10.2 Å². The van der Waals surface area contributed by atoms with Gasteiger partial charge in [0.2, 0.25) is 5.91 Å². The van der Waals surface area contributed by atoms with Crippen LogP contribution in [-0.2, 0) is 17.0 Å². The van der Waals surface area contributed by atoms with E-state index in [2.05, 4.69) is 22.9 Å². The summed E-state index contributed by atoms with van der Waals surface area (Å²) in [6, 6.07) is 12.1. The quantitative estimate of drug-likeness (QED) is 0.382. The molecule has 3 nitrogen and oxygen atoms in total. The lowest BCUT2D eigenvalue weighted by molar-refractivity contribution is -0.120. The summed E-state index contributed by atoms with van der Waals surface area (Å²) in [6.07, 6.45) is 0.331. The first-order valence-electron chi connectivity index (χ1n) is 5.52. The van der Waals surface area contributed by atoms with Gasteiger partial charge in [-0.25, -0.2) is 5.84 Å². The second kappa shape index (κ2) is 6.58. The Labute approximate surface area is 114 Å². The molecule has 0 unspecified atom stereocenters. The van der Waals surface area contributed by atoms with Gasteiger partial charge in [0.05, 0.1) is 10.6 Å². The number of rotatable bonds is 5. The van der Waals surface area contributed by atoms with Gasteiger partial charge in [0.1, 0.15) is 0 Å². The number of hydrazine groups is 1. The summed E-state index contributed by atoms with van der Waals surface area (Å²) >= 11 is 3.51. The van der Waals surface area contributed by atoms with E-state index in [-0.39, 0.29) is 5.91 Å². The Bertz CT molecular complexity index is 511. The molecule has 0 fully saturated rings. The molecule has 0 spiro atoms. The summed E-state index contributed by atoms with van der Waals surface area (Å²) in [7, 11) is 0. The zero-order chi connectivity index (χ0) is 12.8. The summed E-state index contributed by atoms with van der Waals surface area (Å²) in [5, 5.41) is 2.07. The number of carbonyl (C=O) groups excluding carboxylic acids is 1. The maximum Gasteiger partial charge on any atom is 0.238 e. The highest BCUT2D eigenvalue weighted by atomic mass is 32.2. The molecule has 0 bridgehead atoms. The minimum absolute atomic E-state index is 0.163. The molecule has 3 N–H and O–H groups in total. The Morgan fingerprint density at radius 3 is 2.67 bits per heavy atom. The molecule has 0 saturated heterocycles. The number of carbonyl (C=O) groups is 1. The third kappa shape index (κ3) is 3.60. The summed E-state index contributed by atoms with van der Waals surface area (Å²) in [6.45, 7) is 0. The predicted octanol–water partition coefficient (Wildman–Crippen LogP) is 2.57. The summed E-state index contributed by atoms with van der Waals surface area (Å²) in [4.78, 5) is 11.3. The fourth-order valence-corrected chi connectivity index (χ4v) is 3.41. The maximum absolute atomic E-state index is 11.3. The molecule has 0 atom stereocenters. The molecule has 2 rings (SSSR count). The molecule has 1 amide bonds. The largest absolute Gasteiger partial charge is 0.294 e. The van der Waals surface area contributed by atoms with E-state index in [4.69, 9.17) is 5.84 Å². The van der Waals surface area contributed by atoms with Gasteiger partial charge in [-0.1, -0.05) is 30.3 Å². The Kier molecular flexibility index (Phi) is 4.81. The predicted molar refractivity (Wildman–Crippen MR) is 76.4 cm³/mol. The zero-order valence-electron chi connectivity index (χ0n) is 9.76. The average Bonchev–Trinajstić information content (AvgIpc) is 2.91. The molecule has 5 heteroatoms. The van der Waals surface area contributed by atoms with Crippen LogP contribution in [0.2, 0.25) is 0 Å². The van der Waals surface area contributed by atoms with Crippen molar-refractivity contribution in [1.82, 2.24) is 5.43 Å². The highest BCUT2D eigenvalue weighted by molar-refractivity contribution is 8.00. The van der Waals surface area contributed by atoms with Gasteiger partial charge in [0.25, 0.3) is 0 Å². The SMILES string of the molecule is NNC(=O)Cc1ccccc1CSc1cccs1. The van der Waals surface area contributed by atoms with E-state index in [1.54, 1.807) is 23.1 Å². The molecule has 1 aromatic carbocycles. The molecule has 1 heterocycles. The monoisotopic (exact) mass is 278 g/mol. The van der Waals surface area contributed by atoms with Crippen molar-refractivity contribution in [2.75, 3.05) is 0 Å². The Morgan fingerprint density at radius 2 is 2.00 bits per heavy atom. The van der Waals surface area contributed by atoms with Crippen molar-refractivity contribution in [3.8, 4) is 0 Å². The highest BCUT2D eigenvalue weighted by Gasteiger charge is 2.07. The summed E-state index contributed by atoms with van der Waals surface area (Å²) in [5.41, 5.74) is 4.38. The second-order valence-corrected chi connectivity index (χ2v) is 5.96. The van der Waals surface area contributed by atoms with Gasteiger partial charge in [-0.05, 0) is 22.6 Å².